The van der Waals surface area contributed by atoms with Gasteiger partial charge in [0.2, 0.25) is 0 Å². The van der Waals surface area contributed by atoms with E-state index in [4.69, 9.17) is 11.6 Å². The first-order valence-corrected chi connectivity index (χ1v) is 6.28. The molecular formula is C14H12ClFN2. The number of para-hydroxylation sites is 1. The summed E-state index contributed by atoms with van der Waals surface area (Å²) in [6.45, 7) is 0. The molecule has 2 aromatic rings. The van der Waals surface area contributed by atoms with Crippen LogP contribution in [0.2, 0.25) is 5.02 Å². The second kappa shape index (κ2) is 4.58. The predicted octanol–water partition coefficient (Wildman–Crippen LogP) is 3.97. The van der Waals surface area contributed by atoms with Gasteiger partial charge in [-0.15, -0.1) is 0 Å². The molecule has 1 unspecified atom stereocenters. The SMILES string of the molecule is Fc1cccc(Cl)c1NC1CCc2cccnc21. The van der Waals surface area contributed by atoms with E-state index in [-0.39, 0.29) is 11.9 Å². The van der Waals surface area contributed by atoms with Crippen LogP contribution in [0, 0.1) is 5.82 Å². The largest absolute Gasteiger partial charge is 0.373 e. The van der Waals surface area contributed by atoms with Crippen LogP contribution in [0.3, 0.4) is 0 Å². The van der Waals surface area contributed by atoms with Crippen molar-refractivity contribution >= 4 is 17.3 Å². The average Bonchev–Trinajstić information content (AvgIpc) is 2.77. The fourth-order valence-corrected chi connectivity index (χ4v) is 2.58. The Balaban J connectivity index is 1.91. The molecule has 1 aromatic carbocycles. The summed E-state index contributed by atoms with van der Waals surface area (Å²) in [5.41, 5.74) is 2.59. The first-order valence-electron chi connectivity index (χ1n) is 5.90. The number of benzene rings is 1. The Labute approximate surface area is 110 Å². The second-order valence-electron chi connectivity index (χ2n) is 4.38. The van der Waals surface area contributed by atoms with Gasteiger partial charge in [0.1, 0.15) is 5.82 Å². The topological polar surface area (TPSA) is 24.9 Å². The van der Waals surface area contributed by atoms with Crippen LogP contribution in [0.15, 0.2) is 36.5 Å². The van der Waals surface area contributed by atoms with E-state index in [9.17, 15) is 4.39 Å². The Morgan fingerprint density at radius 2 is 2.17 bits per heavy atom. The van der Waals surface area contributed by atoms with E-state index in [1.165, 1.54) is 11.6 Å². The van der Waals surface area contributed by atoms with E-state index in [1.807, 2.05) is 6.07 Å². The van der Waals surface area contributed by atoms with Crippen LogP contribution < -0.4 is 5.32 Å². The molecule has 92 valence electrons. The van der Waals surface area contributed by atoms with Crippen molar-refractivity contribution in [1.29, 1.82) is 0 Å². The fourth-order valence-electron chi connectivity index (χ4n) is 2.36. The molecule has 1 aliphatic rings. The van der Waals surface area contributed by atoms with Crippen LogP contribution in [0.25, 0.3) is 0 Å². The molecule has 0 aliphatic heterocycles. The van der Waals surface area contributed by atoms with Gasteiger partial charge in [-0.3, -0.25) is 4.98 Å². The molecule has 0 saturated heterocycles. The highest BCUT2D eigenvalue weighted by atomic mass is 35.5. The van der Waals surface area contributed by atoms with Crippen LogP contribution >= 0.6 is 11.6 Å². The maximum absolute atomic E-state index is 13.7. The van der Waals surface area contributed by atoms with Crippen molar-refractivity contribution in [2.24, 2.45) is 0 Å². The molecule has 1 atom stereocenters. The Kier molecular flexibility index (Phi) is 2.92. The van der Waals surface area contributed by atoms with Crippen LogP contribution in [-0.4, -0.2) is 4.98 Å². The Morgan fingerprint density at radius 1 is 1.28 bits per heavy atom. The second-order valence-corrected chi connectivity index (χ2v) is 4.79. The van der Waals surface area contributed by atoms with Crippen LogP contribution in [0.5, 0.6) is 0 Å². The van der Waals surface area contributed by atoms with E-state index >= 15 is 0 Å². The lowest BCUT2D eigenvalue weighted by molar-refractivity contribution is 0.624. The highest BCUT2D eigenvalue weighted by Crippen LogP contribution is 2.35. The minimum Gasteiger partial charge on any atom is -0.373 e. The first kappa shape index (κ1) is 11.5. The normalized spacial score (nSPS) is 17.6. The number of nitrogens with one attached hydrogen (secondary N) is 1. The number of hydrogen-bond donors (Lipinski definition) is 1. The summed E-state index contributed by atoms with van der Waals surface area (Å²) >= 11 is 6.01. The van der Waals surface area contributed by atoms with Crippen molar-refractivity contribution < 1.29 is 4.39 Å². The minimum absolute atomic E-state index is 0.0376. The minimum atomic E-state index is -0.327. The van der Waals surface area contributed by atoms with Crippen molar-refractivity contribution in [3.8, 4) is 0 Å². The number of fused-ring (bicyclic) bond motifs is 1. The monoisotopic (exact) mass is 262 g/mol. The molecule has 0 fully saturated rings. The Morgan fingerprint density at radius 3 is 3.00 bits per heavy atom. The molecule has 0 spiro atoms. The number of halogens is 2. The molecule has 18 heavy (non-hydrogen) atoms. The van der Waals surface area contributed by atoms with Gasteiger partial charge in [-0.25, -0.2) is 4.39 Å². The number of aromatic nitrogens is 1. The van der Waals surface area contributed by atoms with Crippen molar-refractivity contribution in [1.82, 2.24) is 4.98 Å². The van der Waals surface area contributed by atoms with Crippen molar-refractivity contribution in [2.75, 3.05) is 5.32 Å². The van der Waals surface area contributed by atoms with Gasteiger partial charge < -0.3 is 5.32 Å². The fraction of sp³-hybridized carbons (Fsp3) is 0.214. The molecule has 1 aromatic heterocycles. The van der Waals surface area contributed by atoms with Crippen LogP contribution in [0.4, 0.5) is 10.1 Å². The highest BCUT2D eigenvalue weighted by Gasteiger charge is 2.24. The third-order valence-corrected chi connectivity index (χ3v) is 3.55. The number of rotatable bonds is 2. The summed E-state index contributed by atoms with van der Waals surface area (Å²) in [6, 6.07) is 8.72. The van der Waals surface area contributed by atoms with E-state index in [0.29, 0.717) is 10.7 Å². The molecule has 3 rings (SSSR count). The molecule has 0 saturated carbocycles. The van der Waals surface area contributed by atoms with E-state index in [2.05, 4.69) is 16.4 Å². The first-order chi connectivity index (χ1) is 8.75. The van der Waals surface area contributed by atoms with Crippen LogP contribution in [-0.2, 0) is 6.42 Å². The van der Waals surface area contributed by atoms with Gasteiger partial charge in [-0.05, 0) is 36.6 Å². The van der Waals surface area contributed by atoms with Gasteiger partial charge in [0, 0.05) is 6.20 Å². The van der Waals surface area contributed by atoms with Gasteiger partial charge >= 0.3 is 0 Å². The molecule has 1 heterocycles. The standard InChI is InChI=1S/C14H12ClFN2/c15-10-4-1-5-11(16)14(10)18-12-7-6-9-3-2-8-17-13(9)12/h1-5,8,12,18H,6-7H2. The number of pyridine rings is 1. The lowest BCUT2D eigenvalue weighted by Gasteiger charge is -2.16. The lowest BCUT2D eigenvalue weighted by atomic mass is 10.2. The predicted molar refractivity (Wildman–Crippen MR) is 70.3 cm³/mol. The zero-order valence-corrected chi connectivity index (χ0v) is 10.4. The van der Waals surface area contributed by atoms with Gasteiger partial charge in [-0.1, -0.05) is 23.7 Å². The molecule has 0 amide bonds. The maximum atomic E-state index is 13.7. The zero-order valence-electron chi connectivity index (χ0n) is 9.66. The molecule has 2 nitrogen and oxygen atoms in total. The molecule has 1 aliphatic carbocycles. The molecule has 0 bridgehead atoms. The third-order valence-electron chi connectivity index (χ3n) is 3.24. The number of aryl methyl sites for hydroxylation is 1. The third kappa shape index (κ3) is 1.95. The molecule has 0 radical (unpaired) electrons. The summed E-state index contributed by atoms with van der Waals surface area (Å²) in [5, 5.41) is 3.57. The summed E-state index contributed by atoms with van der Waals surface area (Å²) in [5.74, 6) is -0.327. The quantitative estimate of drug-likeness (QED) is 0.886. The van der Waals surface area contributed by atoms with E-state index in [0.717, 1.165) is 18.5 Å². The number of anilines is 1. The lowest BCUT2D eigenvalue weighted by Crippen LogP contribution is -2.10. The van der Waals surface area contributed by atoms with Crippen LogP contribution in [0.1, 0.15) is 23.7 Å². The van der Waals surface area contributed by atoms with Crippen molar-refractivity contribution in [2.45, 2.75) is 18.9 Å². The number of hydrogen-bond acceptors (Lipinski definition) is 2. The number of nitrogens with zero attached hydrogens (tertiary/aromatic N) is 1. The van der Waals surface area contributed by atoms with Gasteiger partial charge in [0.05, 0.1) is 22.4 Å². The van der Waals surface area contributed by atoms with Gasteiger partial charge in [0.15, 0.2) is 0 Å². The van der Waals surface area contributed by atoms with Gasteiger partial charge in [-0.2, -0.15) is 0 Å². The highest BCUT2D eigenvalue weighted by molar-refractivity contribution is 6.33. The smallest absolute Gasteiger partial charge is 0.147 e. The summed E-state index contributed by atoms with van der Waals surface area (Å²) in [6.07, 6.45) is 3.64. The summed E-state index contributed by atoms with van der Waals surface area (Å²) in [4.78, 5) is 4.37. The van der Waals surface area contributed by atoms with E-state index in [1.54, 1.807) is 18.3 Å². The average molecular weight is 263 g/mol. The van der Waals surface area contributed by atoms with Crippen molar-refractivity contribution in [3.63, 3.8) is 0 Å². The Hall–Kier alpha value is -1.61. The Bertz CT molecular complexity index is 566. The molecule has 4 heteroatoms. The molecular weight excluding hydrogens is 251 g/mol. The van der Waals surface area contributed by atoms with E-state index < -0.39 is 0 Å². The summed E-state index contributed by atoms with van der Waals surface area (Å²) < 4.78 is 13.7. The molecule has 1 N–H and O–H groups in total. The summed E-state index contributed by atoms with van der Waals surface area (Å²) in [7, 11) is 0. The van der Waals surface area contributed by atoms with Crippen molar-refractivity contribution in [3.05, 3.63) is 58.6 Å². The van der Waals surface area contributed by atoms with Gasteiger partial charge in [0.25, 0.3) is 0 Å². The zero-order chi connectivity index (χ0) is 12.5. The maximum Gasteiger partial charge on any atom is 0.147 e.